The van der Waals surface area contributed by atoms with Crippen LogP contribution in [-0.2, 0) is 13.2 Å². The van der Waals surface area contributed by atoms with Crippen molar-refractivity contribution in [3.63, 3.8) is 0 Å². The summed E-state index contributed by atoms with van der Waals surface area (Å²) < 4.78 is 5.62. The second kappa shape index (κ2) is 4.96. The third-order valence-corrected chi connectivity index (χ3v) is 3.12. The number of hydrogen-bond donors (Lipinski definition) is 1. The van der Waals surface area contributed by atoms with Gasteiger partial charge < -0.3 is 10.5 Å². The van der Waals surface area contributed by atoms with Gasteiger partial charge in [-0.1, -0.05) is 18.2 Å². The molecule has 1 aromatic heterocycles. The van der Waals surface area contributed by atoms with Gasteiger partial charge in [-0.3, -0.25) is 0 Å². The van der Waals surface area contributed by atoms with Crippen molar-refractivity contribution in [3.05, 3.63) is 52.2 Å². The summed E-state index contributed by atoms with van der Waals surface area (Å²) in [6.07, 6.45) is 0. The zero-order valence-corrected chi connectivity index (χ0v) is 9.17. The summed E-state index contributed by atoms with van der Waals surface area (Å²) in [7, 11) is 0. The monoisotopic (exact) mass is 219 g/mol. The fourth-order valence-electron chi connectivity index (χ4n) is 1.28. The predicted octanol–water partition coefficient (Wildman–Crippen LogP) is 2.79. The third kappa shape index (κ3) is 2.81. The van der Waals surface area contributed by atoms with Crippen LogP contribution < -0.4 is 10.5 Å². The van der Waals surface area contributed by atoms with Gasteiger partial charge in [0, 0.05) is 16.3 Å². The molecule has 0 amide bonds. The Labute approximate surface area is 93.3 Å². The summed E-state index contributed by atoms with van der Waals surface area (Å²) in [6, 6.07) is 13.9. The topological polar surface area (TPSA) is 35.2 Å². The van der Waals surface area contributed by atoms with Gasteiger partial charge in [-0.25, -0.2) is 0 Å². The fraction of sp³-hybridized carbons (Fsp3) is 0.167. The molecule has 0 fully saturated rings. The summed E-state index contributed by atoms with van der Waals surface area (Å²) in [6.45, 7) is 1.23. The number of ether oxygens (including phenoxy) is 1. The summed E-state index contributed by atoms with van der Waals surface area (Å²) in [5.41, 5.74) is 5.54. The Morgan fingerprint density at radius 2 is 1.73 bits per heavy atom. The number of rotatable bonds is 4. The normalized spacial score (nSPS) is 10.2. The van der Waals surface area contributed by atoms with Crippen LogP contribution in [0.3, 0.4) is 0 Å². The molecule has 0 aliphatic rings. The second-order valence-electron chi connectivity index (χ2n) is 3.17. The van der Waals surface area contributed by atoms with Gasteiger partial charge in [0.1, 0.15) is 12.4 Å². The Morgan fingerprint density at radius 3 is 2.40 bits per heavy atom. The molecule has 0 spiro atoms. The Bertz CT molecular complexity index is 411. The number of thiophene rings is 1. The van der Waals surface area contributed by atoms with Crippen LogP contribution in [-0.4, -0.2) is 0 Å². The van der Waals surface area contributed by atoms with Crippen molar-refractivity contribution in [1.29, 1.82) is 0 Å². The Balaban J connectivity index is 1.93. The van der Waals surface area contributed by atoms with Crippen LogP contribution in [0.5, 0.6) is 5.75 Å². The first-order valence-corrected chi connectivity index (χ1v) is 5.65. The lowest BCUT2D eigenvalue weighted by molar-refractivity contribution is 0.310. The molecular weight excluding hydrogens is 206 g/mol. The van der Waals surface area contributed by atoms with E-state index in [4.69, 9.17) is 10.5 Å². The molecule has 15 heavy (non-hydrogen) atoms. The van der Waals surface area contributed by atoms with E-state index in [1.54, 1.807) is 11.3 Å². The highest BCUT2D eigenvalue weighted by atomic mass is 32.1. The highest BCUT2D eigenvalue weighted by Crippen LogP contribution is 2.18. The van der Waals surface area contributed by atoms with E-state index in [-0.39, 0.29) is 0 Å². The molecule has 1 heterocycles. The van der Waals surface area contributed by atoms with Crippen molar-refractivity contribution in [1.82, 2.24) is 0 Å². The van der Waals surface area contributed by atoms with Gasteiger partial charge in [0.25, 0.3) is 0 Å². The fourth-order valence-corrected chi connectivity index (χ4v) is 2.09. The van der Waals surface area contributed by atoms with Crippen LogP contribution in [0.4, 0.5) is 0 Å². The molecule has 0 radical (unpaired) electrons. The Morgan fingerprint density at radius 1 is 1.00 bits per heavy atom. The number of hydrogen-bond acceptors (Lipinski definition) is 3. The predicted molar refractivity (Wildman–Crippen MR) is 63.0 cm³/mol. The van der Waals surface area contributed by atoms with Crippen molar-refractivity contribution in [2.45, 2.75) is 13.2 Å². The lowest BCUT2D eigenvalue weighted by Crippen LogP contribution is -1.92. The molecule has 0 atom stereocenters. The zero-order chi connectivity index (χ0) is 10.5. The lowest BCUT2D eigenvalue weighted by atomic mass is 10.3. The molecule has 3 heteroatoms. The van der Waals surface area contributed by atoms with E-state index in [1.807, 2.05) is 36.4 Å². The van der Waals surface area contributed by atoms with Gasteiger partial charge in [0.2, 0.25) is 0 Å². The van der Waals surface area contributed by atoms with Gasteiger partial charge in [0.05, 0.1) is 0 Å². The first kappa shape index (κ1) is 10.2. The lowest BCUT2D eigenvalue weighted by Gasteiger charge is -2.03. The molecule has 2 rings (SSSR count). The van der Waals surface area contributed by atoms with Crippen LogP contribution >= 0.6 is 11.3 Å². The molecule has 2 aromatic rings. The molecule has 0 saturated heterocycles. The van der Waals surface area contributed by atoms with Crippen molar-refractivity contribution >= 4 is 11.3 Å². The highest BCUT2D eigenvalue weighted by Gasteiger charge is 1.99. The number of nitrogens with two attached hydrogens (primary N) is 1. The minimum atomic E-state index is 0.607. The van der Waals surface area contributed by atoms with Crippen LogP contribution in [0, 0.1) is 0 Å². The van der Waals surface area contributed by atoms with Crippen LogP contribution in [0.2, 0.25) is 0 Å². The Kier molecular flexibility index (Phi) is 3.37. The van der Waals surface area contributed by atoms with Gasteiger partial charge in [-0.15, -0.1) is 11.3 Å². The third-order valence-electron chi connectivity index (χ3n) is 2.04. The maximum atomic E-state index is 5.62. The second-order valence-corrected chi connectivity index (χ2v) is 4.43. The summed E-state index contributed by atoms with van der Waals surface area (Å²) >= 11 is 1.70. The summed E-state index contributed by atoms with van der Waals surface area (Å²) in [5, 5.41) is 0. The molecule has 2 nitrogen and oxygen atoms in total. The minimum absolute atomic E-state index is 0.607. The van der Waals surface area contributed by atoms with E-state index in [0.29, 0.717) is 13.2 Å². The summed E-state index contributed by atoms with van der Waals surface area (Å²) in [4.78, 5) is 2.40. The van der Waals surface area contributed by atoms with E-state index in [1.165, 1.54) is 9.75 Å². The molecule has 0 aliphatic carbocycles. The van der Waals surface area contributed by atoms with E-state index in [2.05, 4.69) is 6.07 Å². The van der Waals surface area contributed by atoms with Crippen LogP contribution in [0.25, 0.3) is 0 Å². The van der Waals surface area contributed by atoms with Crippen LogP contribution in [0.15, 0.2) is 42.5 Å². The van der Waals surface area contributed by atoms with Gasteiger partial charge in [-0.2, -0.15) is 0 Å². The minimum Gasteiger partial charge on any atom is -0.488 e. The first-order valence-electron chi connectivity index (χ1n) is 4.84. The van der Waals surface area contributed by atoms with Crippen molar-refractivity contribution < 1.29 is 4.74 Å². The quantitative estimate of drug-likeness (QED) is 0.858. The SMILES string of the molecule is NCc1ccc(COc2ccccc2)s1. The number of benzene rings is 1. The van der Waals surface area contributed by atoms with Crippen molar-refractivity contribution in [2.24, 2.45) is 5.73 Å². The number of para-hydroxylation sites is 1. The highest BCUT2D eigenvalue weighted by molar-refractivity contribution is 7.11. The average Bonchev–Trinajstić information content (AvgIpc) is 2.76. The van der Waals surface area contributed by atoms with Crippen LogP contribution in [0.1, 0.15) is 9.75 Å². The maximum Gasteiger partial charge on any atom is 0.122 e. The van der Waals surface area contributed by atoms with Gasteiger partial charge in [-0.05, 0) is 24.3 Å². The van der Waals surface area contributed by atoms with Crippen molar-refractivity contribution in [3.8, 4) is 5.75 Å². The first-order chi connectivity index (χ1) is 7.38. The van der Waals surface area contributed by atoms with Gasteiger partial charge in [0.15, 0.2) is 0 Å². The van der Waals surface area contributed by atoms with E-state index in [0.717, 1.165) is 5.75 Å². The van der Waals surface area contributed by atoms with E-state index >= 15 is 0 Å². The van der Waals surface area contributed by atoms with Gasteiger partial charge >= 0.3 is 0 Å². The van der Waals surface area contributed by atoms with E-state index < -0.39 is 0 Å². The molecule has 2 N–H and O–H groups in total. The Hall–Kier alpha value is -1.32. The molecule has 1 aromatic carbocycles. The molecule has 0 saturated carbocycles. The summed E-state index contributed by atoms with van der Waals surface area (Å²) in [5.74, 6) is 0.903. The maximum absolute atomic E-state index is 5.62. The molecular formula is C12H13NOS. The molecule has 78 valence electrons. The largest absolute Gasteiger partial charge is 0.488 e. The standard InChI is InChI=1S/C12H13NOS/c13-8-11-6-7-12(15-11)9-14-10-4-2-1-3-5-10/h1-7H,8-9,13H2. The smallest absolute Gasteiger partial charge is 0.122 e. The van der Waals surface area contributed by atoms with E-state index in [9.17, 15) is 0 Å². The average molecular weight is 219 g/mol. The molecule has 0 bridgehead atoms. The van der Waals surface area contributed by atoms with Crippen molar-refractivity contribution in [2.75, 3.05) is 0 Å². The molecule has 0 unspecified atom stereocenters. The zero-order valence-electron chi connectivity index (χ0n) is 8.35. The molecule has 0 aliphatic heterocycles.